The number of hydrogen-bond acceptors (Lipinski definition) is 5. The quantitative estimate of drug-likeness (QED) is 0.396. The topological polar surface area (TPSA) is 65.5 Å². The molecular formula is C22H17F3N4O2S. The summed E-state index contributed by atoms with van der Waals surface area (Å²) < 4.78 is 37.6. The number of anilines is 3. The largest absolute Gasteiger partial charge is 0.446 e. The molecule has 2 heterocycles. The van der Waals surface area contributed by atoms with E-state index in [1.807, 2.05) is 30.3 Å². The lowest BCUT2D eigenvalue weighted by Gasteiger charge is -2.19. The number of para-hydroxylation sites is 1. The summed E-state index contributed by atoms with van der Waals surface area (Å²) in [5, 5.41) is 3.25. The molecule has 1 N–H and O–H groups in total. The Hall–Kier alpha value is -3.53. The number of imide groups is 1. The van der Waals surface area contributed by atoms with Crippen molar-refractivity contribution in [3.05, 3.63) is 78.6 Å². The summed E-state index contributed by atoms with van der Waals surface area (Å²) in [6.07, 6.45) is 3.24. The minimum Gasteiger partial charge on any atom is -0.354 e. The number of carbonyl (C=O) groups is 2. The van der Waals surface area contributed by atoms with Crippen molar-refractivity contribution in [1.29, 1.82) is 0 Å². The van der Waals surface area contributed by atoms with Crippen molar-refractivity contribution in [2.75, 3.05) is 16.8 Å². The van der Waals surface area contributed by atoms with E-state index in [4.69, 9.17) is 0 Å². The number of nitrogens with zero attached hydrogens (tertiary/aromatic N) is 3. The van der Waals surface area contributed by atoms with Gasteiger partial charge in [-0.05, 0) is 59.8 Å². The number of aromatic nitrogens is 1. The van der Waals surface area contributed by atoms with Crippen molar-refractivity contribution < 1.29 is 22.8 Å². The molecule has 3 amide bonds. The molecule has 0 bridgehead atoms. The van der Waals surface area contributed by atoms with Crippen molar-refractivity contribution >= 4 is 40.8 Å². The molecule has 6 nitrogen and oxygen atoms in total. The maximum Gasteiger partial charge on any atom is 0.446 e. The summed E-state index contributed by atoms with van der Waals surface area (Å²) in [6, 6.07) is 15.8. The summed E-state index contributed by atoms with van der Waals surface area (Å²) in [5.74, 6) is -0.446. The molecule has 2 aromatic carbocycles. The molecule has 1 aromatic heterocycles. The minimum atomic E-state index is -4.41. The van der Waals surface area contributed by atoms with E-state index in [0.29, 0.717) is 5.69 Å². The third kappa shape index (κ3) is 5.02. The third-order valence-electron chi connectivity index (χ3n) is 4.69. The molecule has 0 radical (unpaired) electrons. The molecule has 164 valence electrons. The van der Waals surface area contributed by atoms with Gasteiger partial charge in [-0.1, -0.05) is 18.2 Å². The lowest BCUT2D eigenvalue weighted by Crippen LogP contribution is -2.32. The fourth-order valence-electron chi connectivity index (χ4n) is 3.28. The standard InChI is InChI=1S/C22H17F3N4O2S/c23-22(24,25)32-18-8-6-17(7-9-18)29-20(30)14-28(21(29)31)13-15-10-11-26-12-19(15)27-16-4-2-1-3-5-16/h1-12,27H,13-14H2. The number of hydrogen-bond donors (Lipinski definition) is 1. The van der Waals surface area contributed by atoms with Gasteiger partial charge >= 0.3 is 11.5 Å². The van der Waals surface area contributed by atoms with Crippen molar-refractivity contribution in [2.45, 2.75) is 16.9 Å². The van der Waals surface area contributed by atoms with Crippen LogP contribution in [0.2, 0.25) is 0 Å². The van der Waals surface area contributed by atoms with Gasteiger partial charge in [0.15, 0.2) is 0 Å². The third-order valence-corrected chi connectivity index (χ3v) is 5.43. The first-order valence-electron chi connectivity index (χ1n) is 9.53. The van der Waals surface area contributed by atoms with Crippen LogP contribution in [0.5, 0.6) is 0 Å². The normalized spacial score (nSPS) is 14.2. The molecule has 3 aromatic rings. The van der Waals surface area contributed by atoms with Gasteiger partial charge in [0.05, 0.1) is 24.1 Å². The summed E-state index contributed by atoms with van der Waals surface area (Å²) >= 11 is -0.254. The van der Waals surface area contributed by atoms with E-state index in [2.05, 4.69) is 10.3 Å². The number of rotatable bonds is 6. The summed E-state index contributed by atoms with van der Waals surface area (Å²) in [6.45, 7) is 0.0335. The number of benzene rings is 2. The molecule has 4 rings (SSSR count). The second-order valence-electron chi connectivity index (χ2n) is 6.93. The van der Waals surface area contributed by atoms with Crippen molar-refractivity contribution in [1.82, 2.24) is 9.88 Å². The van der Waals surface area contributed by atoms with Gasteiger partial charge in [-0.25, -0.2) is 9.69 Å². The summed E-state index contributed by atoms with van der Waals surface area (Å²) in [5.41, 5.74) is -1.86. The average molecular weight is 458 g/mol. The first kappa shape index (κ1) is 21.7. The van der Waals surface area contributed by atoms with E-state index in [-0.39, 0.29) is 35.4 Å². The molecule has 1 saturated heterocycles. The SMILES string of the molecule is O=C1CN(Cc2ccncc2Nc2ccccc2)C(=O)N1c1ccc(SC(F)(F)F)cc1. The Bertz CT molecular complexity index is 1120. The van der Waals surface area contributed by atoms with Crippen LogP contribution in [0.15, 0.2) is 78.0 Å². The number of urea groups is 1. The highest BCUT2D eigenvalue weighted by Gasteiger charge is 2.37. The van der Waals surface area contributed by atoms with Gasteiger partial charge in [-0.2, -0.15) is 13.2 Å². The van der Waals surface area contributed by atoms with Crippen LogP contribution in [0.4, 0.5) is 35.0 Å². The van der Waals surface area contributed by atoms with Crippen LogP contribution in [-0.4, -0.2) is 33.9 Å². The van der Waals surface area contributed by atoms with Crippen LogP contribution < -0.4 is 10.2 Å². The Labute approximate surface area is 186 Å². The van der Waals surface area contributed by atoms with Crippen LogP contribution in [0.25, 0.3) is 0 Å². The van der Waals surface area contributed by atoms with E-state index in [9.17, 15) is 22.8 Å². The zero-order valence-corrected chi connectivity index (χ0v) is 17.4. The fourth-order valence-corrected chi connectivity index (χ4v) is 3.82. The molecule has 0 saturated carbocycles. The maximum atomic E-state index is 12.9. The number of nitrogens with one attached hydrogen (secondary N) is 1. The molecule has 32 heavy (non-hydrogen) atoms. The van der Waals surface area contributed by atoms with E-state index < -0.39 is 17.4 Å². The van der Waals surface area contributed by atoms with Crippen LogP contribution in [0, 0.1) is 0 Å². The molecule has 1 aliphatic rings. The average Bonchev–Trinajstić information content (AvgIpc) is 3.03. The zero-order valence-electron chi connectivity index (χ0n) is 16.5. The lowest BCUT2D eigenvalue weighted by atomic mass is 10.2. The molecule has 0 spiro atoms. The first-order valence-corrected chi connectivity index (χ1v) is 10.3. The number of alkyl halides is 3. The van der Waals surface area contributed by atoms with Gasteiger partial charge in [0.2, 0.25) is 0 Å². The van der Waals surface area contributed by atoms with Gasteiger partial charge in [0.25, 0.3) is 5.91 Å². The Balaban J connectivity index is 1.49. The molecule has 10 heteroatoms. The molecule has 1 fully saturated rings. The Morgan fingerprint density at radius 3 is 2.41 bits per heavy atom. The van der Waals surface area contributed by atoms with E-state index in [1.54, 1.807) is 18.5 Å². The van der Waals surface area contributed by atoms with Crippen LogP contribution in [0.3, 0.4) is 0 Å². The second-order valence-corrected chi connectivity index (χ2v) is 8.07. The Morgan fingerprint density at radius 2 is 1.72 bits per heavy atom. The number of carbonyl (C=O) groups excluding carboxylic acids is 2. The van der Waals surface area contributed by atoms with Gasteiger partial charge in [0.1, 0.15) is 6.54 Å². The van der Waals surface area contributed by atoms with E-state index in [0.717, 1.165) is 16.2 Å². The predicted octanol–water partition coefficient (Wildman–Crippen LogP) is 5.41. The van der Waals surface area contributed by atoms with Gasteiger partial charge in [-0.3, -0.25) is 9.78 Å². The van der Waals surface area contributed by atoms with Crippen LogP contribution in [0.1, 0.15) is 5.56 Å². The molecular weight excluding hydrogens is 441 g/mol. The fraction of sp³-hybridized carbons (Fsp3) is 0.136. The van der Waals surface area contributed by atoms with Crippen LogP contribution >= 0.6 is 11.8 Å². The number of pyridine rings is 1. The number of halogens is 3. The lowest BCUT2D eigenvalue weighted by molar-refractivity contribution is -0.116. The van der Waals surface area contributed by atoms with Gasteiger partial charge < -0.3 is 10.2 Å². The summed E-state index contributed by atoms with van der Waals surface area (Å²) in [4.78, 5) is 31.9. The Kier molecular flexibility index (Phi) is 6.04. The van der Waals surface area contributed by atoms with Gasteiger partial charge in [0, 0.05) is 16.8 Å². The second kappa shape index (κ2) is 8.91. The highest BCUT2D eigenvalue weighted by atomic mass is 32.2. The van der Waals surface area contributed by atoms with Crippen LogP contribution in [-0.2, 0) is 11.3 Å². The molecule has 0 unspecified atom stereocenters. The van der Waals surface area contributed by atoms with E-state index >= 15 is 0 Å². The van der Waals surface area contributed by atoms with E-state index in [1.165, 1.54) is 29.2 Å². The molecule has 1 aliphatic heterocycles. The first-order chi connectivity index (χ1) is 15.3. The smallest absolute Gasteiger partial charge is 0.354 e. The Morgan fingerprint density at radius 1 is 1.00 bits per heavy atom. The minimum absolute atomic E-state index is 0.0226. The maximum absolute atomic E-state index is 12.9. The van der Waals surface area contributed by atoms with Crippen molar-refractivity contribution in [3.8, 4) is 0 Å². The van der Waals surface area contributed by atoms with Crippen molar-refractivity contribution in [2.24, 2.45) is 0 Å². The summed E-state index contributed by atoms with van der Waals surface area (Å²) in [7, 11) is 0. The number of thioether (sulfide) groups is 1. The highest BCUT2D eigenvalue weighted by molar-refractivity contribution is 8.00. The molecule has 0 aliphatic carbocycles. The number of amides is 3. The zero-order chi connectivity index (χ0) is 22.7. The van der Waals surface area contributed by atoms with Gasteiger partial charge in [-0.15, -0.1) is 0 Å². The van der Waals surface area contributed by atoms with Crippen molar-refractivity contribution in [3.63, 3.8) is 0 Å². The monoisotopic (exact) mass is 458 g/mol. The predicted molar refractivity (Wildman–Crippen MR) is 116 cm³/mol. The highest BCUT2D eigenvalue weighted by Crippen LogP contribution is 2.37. The molecule has 0 atom stereocenters.